The fourth-order valence-electron chi connectivity index (χ4n) is 1.23. The third-order valence-corrected chi connectivity index (χ3v) is 3.11. The first-order valence-corrected chi connectivity index (χ1v) is 6.54. The second-order valence-corrected chi connectivity index (χ2v) is 4.97. The zero-order valence-electron chi connectivity index (χ0n) is 10.1. The van der Waals surface area contributed by atoms with Gasteiger partial charge in [0, 0.05) is 6.54 Å². The number of hydrogen-bond donors (Lipinski definition) is 3. The minimum atomic E-state index is -4.01. The average molecular weight is 273 g/mol. The minimum absolute atomic E-state index is 0.291. The molecule has 0 aliphatic carbocycles. The van der Waals surface area contributed by atoms with E-state index < -0.39 is 16.3 Å². The summed E-state index contributed by atoms with van der Waals surface area (Å²) in [5.41, 5.74) is 7.31. The number of ether oxygens (including phenoxy) is 1. The van der Waals surface area contributed by atoms with Crippen LogP contribution in [0.4, 0.5) is 10.5 Å². The standard InChI is InChI=1S/C10H15N3O4S/c1-7-3-4-8(6-11)5-9(7)12-18(15,16)13-10(14)17-2/h3-5,12H,6,11H2,1-2H3,(H,13,14). The molecule has 0 saturated carbocycles. The molecule has 0 fully saturated rings. The first-order valence-electron chi connectivity index (χ1n) is 5.06. The predicted molar refractivity (Wildman–Crippen MR) is 67.2 cm³/mol. The molecule has 1 aromatic rings. The summed E-state index contributed by atoms with van der Waals surface area (Å²) in [5, 5.41) is 0. The van der Waals surface area contributed by atoms with Crippen molar-refractivity contribution in [2.45, 2.75) is 13.5 Å². The number of benzene rings is 1. The van der Waals surface area contributed by atoms with Crippen LogP contribution in [-0.2, 0) is 21.5 Å². The van der Waals surface area contributed by atoms with Crippen molar-refractivity contribution in [1.29, 1.82) is 0 Å². The number of methoxy groups -OCH3 is 1. The maximum atomic E-state index is 11.6. The van der Waals surface area contributed by atoms with Gasteiger partial charge in [-0.05, 0) is 24.1 Å². The lowest BCUT2D eigenvalue weighted by Crippen LogP contribution is -2.35. The lowest BCUT2D eigenvalue weighted by molar-refractivity contribution is 0.177. The summed E-state index contributed by atoms with van der Waals surface area (Å²) in [6.45, 7) is 2.02. The molecular weight excluding hydrogens is 258 g/mol. The Balaban J connectivity index is 2.93. The lowest BCUT2D eigenvalue weighted by atomic mass is 10.1. The van der Waals surface area contributed by atoms with Crippen LogP contribution in [0, 0.1) is 6.92 Å². The van der Waals surface area contributed by atoms with Gasteiger partial charge in [0.1, 0.15) is 0 Å². The molecule has 0 unspecified atom stereocenters. The van der Waals surface area contributed by atoms with Crippen molar-refractivity contribution in [1.82, 2.24) is 4.72 Å². The first kappa shape index (κ1) is 14.3. The van der Waals surface area contributed by atoms with Gasteiger partial charge in [-0.25, -0.2) is 9.52 Å². The van der Waals surface area contributed by atoms with E-state index in [0.29, 0.717) is 17.8 Å². The number of carbonyl (C=O) groups excluding carboxylic acids is 1. The molecule has 0 aliphatic rings. The lowest BCUT2D eigenvalue weighted by Gasteiger charge is -2.11. The molecule has 0 aromatic heterocycles. The van der Waals surface area contributed by atoms with Gasteiger partial charge in [-0.2, -0.15) is 8.42 Å². The van der Waals surface area contributed by atoms with E-state index in [2.05, 4.69) is 9.46 Å². The highest BCUT2D eigenvalue weighted by molar-refractivity contribution is 7.91. The number of aryl methyl sites for hydroxylation is 1. The second kappa shape index (κ2) is 5.69. The van der Waals surface area contributed by atoms with E-state index >= 15 is 0 Å². The minimum Gasteiger partial charge on any atom is -0.452 e. The third-order valence-electron chi connectivity index (χ3n) is 2.19. The number of nitrogens with two attached hydrogens (primary N) is 1. The molecule has 1 amide bonds. The second-order valence-electron chi connectivity index (χ2n) is 3.55. The highest BCUT2D eigenvalue weighted by Crippen LogP contribution is 2.17. The van der Waals surface area contributed by atoms with Gasteiger partial charge in [0.05, 0.1) is 12.8 Å². The predicted octanol–water partition coefficient (Wildman–Crippen LogP) is 0.466. The summed E-state index contributed by atoms with van der Waals surface area (Å²) < 4.78 is 31.3. The van der Waals surface area contributed by atoms with E-state index in [1.807, 2.05) is 0 Å². The Morgan fingerprint density at radius 1 is 1.44 bits per heavy atom. The molecule has 1 rings (SSSR count). The Hall–Kier alpha value is -1.80. The van der Waals surface area contributed by atoms with E-state index in [1.165, 1.54) is 0 Å². The Kier molecular flexibility index (Phi) is 4.51. The SMILES string of the molecule is COC(=O)NS(=O)(=O)Nc1cc(CN)ccc1C. The maximum Gasteiger partial charge on any atom is 0.422 e. The molecule has 1 aromatic carbocycles. The molecule has 0 spiro atoms. The van der Waals surface area contributed by atoms with E-state index in [0.717, 1.165) is 12.7 Å². The Morgan fingerprint density at radius 2 is 2.11 bits per heavy atom. The molecule has 100 valence electrons. The fraction of sp³-hybridized carbons (Fsp3) is 0.300. The normalized spacial score (nSPS) is 10.8. The van der Waals surface area contributed by atoms with Crippen molar-refractivity contribution < 1.29 is 17.9 Å². The molecule has 0 aliphatic heterocycles. The molecule has 0 bridgehead atoms. The number of nitrogens with one attached hydrogen (secondary N) is 2. The van der Waals surface area contributed by atoms with Crippen LogP contribution in [0.3, 0.4) is 0 Å². The Bertz CT molecular complexity index is 542. The number of anilines is 1. The maximum absolute atomic E-state index is 11.6. The van der Waals surface area contributed by atoms with Gasteiger partial charge in [0.25, 0.3) is 0 Å². The zero-order valence-corrected chi connectivity index (χ0v) is 10.9. The molecule has 0 heterocycles. The highest BCUT2D eigenvalue weighted by Gasteiger charge is 2.15. The van der Waals surface area contributed by atoms with Crippen LogP contribution in [0.2, 0.25) is 0 Å². The Labute approximate surface area is 106 Å². The van der Waals surface area contributed by atoms with Crippen LogP contribution in [0.1, 0.15) is 11.1 Å². The number of hydrogen-bond acceptors (Lipinski definition) is 5. The van der Waals surface area contributed by atoms with Crippen LogP contribution in [-0.4, -0.2) is 21.6 Å². The fourth-order valence-corrected chi connectivity index (χ4v) is 2.09. The molecule has 0 saturated heterocycles. The van der Waals surface area contributed by atoms with E-state index in [9.17, 15) is 13.2 Å². The van der Waals surface area contributed by atoms with E-state index in [-0.39, 0.29) is 0 Å². The van der Waals surface area contributed by atoms with Crippen LogP contribution in [0.15, 0.2) is 18.2 Å². The zero-order chi connectivity index (χ0) is 13.8. The largest absolute Gasteiger partial charge is 0.452 e. The van der Waals surface area contributed by atoms with Gasteiger partial charge >= 0.3 is 16.3 Å². The van der Waals surface area contributed by atoms with Gasteiger partial charge in [-0.3, -0.25) is 4.72 Å². The molecule has 0 atom stereocenters. The van der Waals surface area contributed by atoms with Crippen molar-refractivity contribution >= 4 is 22.0 Å². The van der Waals surface area contributed by atoms with Gasteiger partial charge in [-0.1, -0.05) is 12.1 Å². The molecule has 0 radical (unpaired) electrons. The summed E-state index contributed by atoms with van der Waals surface area (Å²) in [6.07, 6.45) is -1.06. The van der Waals surface area contributed by atoms with Crippen molar-refractivity contribution in [2.24, 2.45) is 5.73 Å². The van der Waals surface area contributed by atoms with Crippen LogP contribution < -0.4 is 15.2 Å². The summed E-state index contributed by atoms with van der Waals surface area (Å²) >= 11 is 0. The number of amides is 1. The van der Waals surface area contributed by atoms with Gasteiger partial charge < -0.3 is 10.5 Å². The van der Waals surface area contributed by atoms with Gasteiger partial charge in [0.2, 0.25) is 0 Å². The van der Waals surface area contributed by atoms with E-state index in [1.54, 1.807) is 29.8 Å². The summed E-state index contributed by atoms with van der Waals surface area (Å²) in [7, 11) is -2.93. The molecule has 7 nitrogen and oxygen atoms in total. The quantitative estimate of drug-likeness (QED) is 0.738. The van der Waals surface area contributed by atoms with Crippen molar-refractivity contribution in [3.8, 4) is 0 Å². The average Bonchev–Trinajstić information content (AvgIpc) is 2.31. The monoisotopic (exact) mass is 273 g/mol. The summed E-state index contributed by atoms with van der Waals surface area (Å²) in [6, 6.07) is 5.13. The summed E-state index contributed by atoms with van der Waals surface area (Å²) in [5.74, 6) is 0. The number of carbonyl (C=O) groups is 1. The van der Waals surface area contributed by atoms with Crippen molar-refractivity contribution in [3.63, 3.8) is 0 Å². The van der Waals surface area contributed by atoms with Crippen LogP contribution in [0.25, 0.3) is 0 Å². The van der Waals surface area contributed by atoms with Crippen LogP contribution >= 0.6 is 0 Å². The smallest absolute Gasteiger partial charge is 0.422 e. The molecular formula is C10H15N3O4S. The van der Waals surface area contributed by atoms with Crippen LogP contribution in [0.5, 0.6) is 0 Å². The van der Waals surface area contributed by atoms with Crippen molar-refractivity contribution in [3.05, 3.63) is 29.3 Å². The van der Waals surface area contributed by atoms with E-state index in [4.69, 9.17) is 5.73 Å². The molecule has 8 heteroatoms. The number of rotatable bonds is 4. The van der Waals surface area contributed by atoms with Gasteiger partial charge in [-0.15, -0.1) is 0 Å². The van der Waals surface area contributed by atoms with Gasteiger partial charge in [0.15, 0.2) is 0 Å². The molecule has 4 N–H and O–H groups in total. The topological polar surface area (TPSA) is 111 Å². The highest BCUT2D eigenvalue weighted by atomic mass is 32.2. The third kappa shape index (κ3) is 3.90. The van der Waals surface area contributed by atoms with Crippen molar-refractivity contribution in [2.75, 3.05) is 11.8 Å². The summed E-state index contributed by atoms with van der Waals surface area (Å²) in [4.78, 5) is 10.9. The molecule has 18 heavy (non-hydrogen) atoms. The Morgan fingerprint density at radius 3 is 2.67 bits per heavy atom. The first-order chi connectivity index (χ1) is 8.38.